The van der Waals surface area contributed by atoms with Crippen LogP contribution in [0.25, 0.3) is 0 Å². The molecule has 0 aromatic heterocycles. The molecular formula is C18H33N7O5. The van der Waals surface area contributed by atoms with Gasteiger partial charge in [-0.05, 0) is 32.6 Å². The van der Waals surface area contributed by atoms with Gasteiger partial charge in [0.05, 0.1) is 6.61 Å². The molecule has 12 heteroatoms. The van der Waals surface area contributed by atoms with E-state index >= 15 is 0 Å². The fraction of sp³-hybridized carbons (Fsp3) is 0.722. The van der Waals surface area contributed by atoms with E-state index in [4.69, 9.17) is 11.5 Å². The van der Waals surface area contributed by atoms with Crippen LogP contribution < -0.4 is 27.4 Å². The molecule has 8 N–H and O–H groups in total. The summed E-state index contributed by atoms with van der Waals surface area (Å²) in [5, 5.41) is 17.0. The largest absolute Gasteiger partial charge is 0.394 e. The molecule has 4 amide bonds. The van der Waals surface area contributed by atoms with Gasteiger partial charge in [0, 0.05) is 26.6 Å². The monoisotopic (exact) mass is 427 g/mol. The van der Waals surface area contributed by atoms with Crippen LogP contribution in [0.1, 0.15) is 39.5 Å². The predicted molar refractivity (Wildman–Crippen MR) is 110 cm³/mol. The molecule has 12 nitrogen and oxygen atoms in total. The van der Waals surface area contributed by atoms with Crippen molar-refractivity contribution >= 4 is 29.6 Å². The minimum atomic E-state index is -1.19. The van der Waals surface area contributed by atoms with Crippen LogP contribution in [0.2, 0.25) is 0 Å². The first-order valence-electron chi connectivity index (χ1n) is 10.0. The number of aliphatic hydroxyl groups is 1. The van der Waals surface area contributed by atoms with Gasteiger partial charge in [0.1, 0.15) is 18.1 Å². The lowest BCUT2D eigenvalue weighted by molar-refractivity contribution is -0.142. The van der Waals surface area contributed by atoms with E-state index in [0.29, 0.717) is 32.4 Å². The van der Waals surface area contributed by atoms with Gasteiger partial charge in [-0.3, -0.25) is 24.2 Å². The summed E-state index contributed by atoms with van der Waals surface area (Å²) < 4.78 is 0. The molecule has 1 aliphatic rings. The van der Waals surface area contributed by atoms with Gasteiger partial charge in [0.2, 0.25) is 23.6 Å². The average Bonchev–Trinajstić information content (AvgIpc) is 3.17. The highest BCUT2D eigenvalue weighted by Crippen LogP contribution is 2.19. The Labute approximate surface area is 175 Å². The zero-order valence-electron chi connectivity index (χ0n) is 17.5. The molecule has 0 unspecified atom stereocenters. The summed E-state index contributed by atoms with van der Waals surface area (Å²) >= 11 is 0. The van der Waals surface area contributed by atoms with Gasteiger partial charge in [-0.2, -0.15) is 0 Å². The minimum absolute atomic E-state index is 0.0799. The summed E-state index contributed by atoms with van der Waals surface area (Å²) in [5.41, 5.74) is 10.6. The van der Waals surface area contributed by atoms with E-state index in [-0.39, 0.29) is 24.8 Å². The summed E-state index contributed by atoms with van der Waals surface area (Å²) in [5.74, 6) is -1.90. The lowest BCUT2D eigenvalue weighted by Gasteiger charge is -2.29. The lowest BCUT2D eigenvalue weighted by atomic mass is 10.1. The van der Waals surface area contributed by atoms with E-state index < -0.39 is 42.5 Å². The Morgan fingerprint density at radius 1 is 1.20 bits per heavy atom. The number of aliphatic imine (C=N–C) groups is 1. The van der Waals surface area contributed by atoms with Crippen molar-refractivity contribution in [3.05, 3.63) is 0 Å². The second-order valence-electron chi connectivity index (χ2n) is 7.03. The molecule has 0 spiro atoms. The first-order chi connectivity index (χ1) is 14.2. The summed E-state index contributed by atoms with van der Waals surface area (Å²) in [7, 11) is 0. The number of carbonyl (C=O) groups is 4. The Balaban J connectivity index is 2.93. The SMILES string of the molecule is CCNC(=O)[C@@H]1CCCN1C(=O)[C@H](CCCN=C(N)N)NC(=O)[C@H](CO)NC(C)=O. The number of hydrogen-bond acceptors (Lipinski definition) is 6. The number of likely N-dealkylation sites (tertiary alicyclic amines) is 1. The van der Waals surface area contributed by atoms with E-state index in [9.17, 15) is 24.3 Å². The highest BCUT2D eigenvalue weighted by molar-refractivity contribution is 5.94. The number of hydrogen-bond donors (Lipinski definition) is 6. The van der Waals surface area contributed by atoms with E-state index in [0.717, 1.165) is 0 Å². The van der Waals surface area contributed by atoms with Gasteiger partial charge >= 0.3 is 0 Å². The summed E-state index contributed by atoms with van der Waals surface area (Å²) in [6.45, 7) is 3.50. The number of amides is 4. The topological polar surface area (TPSA) is 192 Å². The highest BCUT2D eigenvalue weighted by atomic mass is 16.3. The zero-order chi connectivity index (χ0) is 22.7. The number of guanidine groups is 1. The second kappa shape index (κ2) is 12.6. The number of aliphatic hydroxyl groups excluding tert-OH is 1. The van der Waals surface area contributed by atoms with E-state index in [1.54, 1.807) is 6.92 Å². The molecule has 170 valence electrons. The Bertz CT molecular complexity index is 651. The van der Waals surface area contributed by atoms with Crippen molar-refractivity contribution in [3.8, 4) is 0 Å². The molecule has 1 rings (SSSR count). The molecule has 30 heavy (non-hydrogen) atoms. The molecule has 0 aromatic carbocycles. The van der Waals surface area contributed by atoms with Crippen LogP contribution in [0, 0.1) is 0 Å². The van der Waals surface area contributed by atoms with Gasteiger partial charge in [-0.25, -0.2) is 0 Å². The maximum atomic E-state index is 13.2. The van der Waals surface area contributed by atoms with Gasteiger partial charge in [-0.1, -0.05) is 0 Å². The molecule has 1 aliphatic heterocycles. The van der Waals surface area contributed by atoms with E-state index in [2.05, 4.69) is 20.9 Å². The quantitative estimate of drug-likeness (QED) is 0.116. The van der Waals surface area contributed by atoms with Crippen LogP contribution in [0.4, 0.5) is 0 Å². The van der Waals surface area contributed by atoms with Gasteiger partial charge in [0.25, 0.3) is 0 Å². The molecule has 1 fully saturated rings. The van der Waals surface area contributed by atoms with Crippen molar-refractivity contribution in [2.75, 3.05) is 26.2 Å². The molecule has 1 heterocycles. The minimum Gasteiger partial charge on any atom is -0.394 e. The lowest BCUT2D eigenvalue weighted by Crippen LogP contribution is -2.57. The molecule has 0 saturated carbocycles. The number of rotatable bonds is 11. The average molecular weight is 428 g/mol. The maximum Gasteiger partial charge on any atom is 0.245 e. The smallest absolute Gasteiger partial charge is 0.245 e. The molecule has 0 bridgehead atoms. The van der Waals surface area contributed by atoms with Gasteiger partial charge in [0.15, 0.2) is 5.96 Å². The zero-order valence-corrected chi connectivity index (χ0v) is 17.5. The first-order valence-corrected chi connectivity index (χ1v) is 10.0. The van der Waals surface area contributed by atoms with Crippen molar-refractivity contribution in [3.63, 3.8) is 0 Å². The number of carbonyl (C=O) groups excluding carboxylic acids is 4. The van der Waals surface area contributed by atoms with Crippen molar-refractivity contribution in [2.24, 2.45) is 16.5 Å². The number of nitrogens with zero attached hydrogens (tertiary/aromatic N) is 2. The summed E-state index contributed by atoms with van der Waals surface area (Å²) in [6, 6.07) is -2.74. The Hall–Kier alpha value is -2.89. The van der Waals surface area contributed by atoms with Crippen LogP contribution in [0.5, 0.6) is 0 Å². The van der Waals surface area contributed by atoms with E-state index in [1.807, 2.05) is 0 Å². The second-order valence-corrected chi connectivity index (χ2v) is 7.03. The van der Waals surface area contributed by atoms with Crippen molar-refractivity contribution in [2.45, 2.75) is 57.7 Å². The third-order valence-electron chi connectivity index (χ3n) is 4.63. The van der Waals surface area contributed by atoms with Gasteiger partial charge < -0.3 is 37.4 Å². The molecule has 0 aromatic rings. The van der Waals surface area contributed by atoms with Crippen LogP contribution in [-0.2, 0) is 19.2 Å². The third kappa shape index (κ3) is 7.85. The normalized spacial score (nSPS) is 17.6. The Kier molecular flexibility index (Phi) is 10.6. The molecule has 0 radical (unpaired) electrons. The fourth-order valence-electron chi connectivity index (χ4n) is 3.27. The number of likely N-dealkylation sites (N-methyl/N-ethyl adjacent to an activating group) is 1. The molecule has 3 atom stereocenters. The Morgan fingerprint density at radius 2 is 1.90 bits per heavy atom. The molecule has 0 aliphatic carbocycles. The Morgan fingerprint density at radius 3 is 2.47 bits per heavy atom. The van der Waals surface area contributed by atoms with Crippen molar-refractivity contribution in [1.29, 1.82) is 0 Å². The van der Waals surface area contributed by atoms with Crippen LogP contribution >= 0.6 is 0 Å². The number of nitrogens with two attached hydrogens (primary N) is 2. The molecule has 1 saturated heterocycles. The van der Waals surface area contributed by atoms with Crippen LogP contribution in [0.3, 0.4) is 0 Å². The standard InChI is InChI=1S/C18H33N7O5/c1-3-21-16(29)14-7-5-9-25(14)17(30)12(6-4-8-22-18(19)20)24-15(28)13(10-26)23-11(2)27/h12-14,26H,3-10H2,1-2H3,(H,21,29)(H,23,27)(H,24,28)(H4,19,20,22)/t12-,13-,14-/m0/s1. The van der Waals surface area contributed by atoms with Crippen molar-refractivity contribution in [1.82, 2.24) is 20.9 Å². The maximum absolute atomic E-state index is 13.2. The summed E-state index contributed by atoms with van der Waals surface area (Å²) in [6.07, 6.45) is 1.83. The predicted octanol–water partition coefficient (Wildman–Crippen LogP) is -2.85. The van der Waals surface area contributed by atoms with Gasteiger partial charge in [-0.15, -0.1) is 0 Å². The fourth-order valence-corrected chi connectivity index (χ4v) is 3.27. The van der Waals surface area contributed by atoms with Crippen LogP contribution in [-0.4, -0.2) is 84.0 Å². The number of nitrogens with one attached hydrogen (secondary N) is 3. The highest BCUT2D eigenvalue weighted by Gasteiger charge is 2.37. The first kappa shape index (κ1) is 25.1. The third-order valence-corrected chi connectivity index (χ3v) is 4.63. The molecular weight excluding hydrogens is 394 g/mol. The van der Waals surface area contributed by atoms with Crippen LogP contribution in [0.15, 0.2) is 4.99 Å². The summed E-state index contributed by atoms with van der Waals surface area (Å²) in [4.78, 5) is 54.5. The van der Waals surface area contributed by atoms with Crippen molar-refractivity contribution < 1.29 is 24.3 Å². The van der Waals surface area contributed by atoms with E-state index in [1.165, 1.54) is 11.8 Å².